The molecule has 2 rings (SSSR count). The molecule has 1 aromatic carbocycles. The Morgan fingerprint density at radius 1 is 1.25 bits per heavy atom. The molecule has 0 spiro atoms. The molecule has 0 bridgehead atoms. The number of aryl methyl sites for hydroxylation is 1. The molecule has 1 N–H and O–H groups in total. The molecule has 0 radical (unpaired) electrons. The van der Waals surface area contributed by atoms with Gasteiger partial charge in [0.25, 0.3) is 0 Å². The number of hydrogen-bond acceptors (Lipinski definition) is 3. The van der Waals surface area contributed by atoms with Crippen LogP contribution in [0.2, 0.25) is 0 Å². The number of carboxylic acids is 1. The van der Waals surface area contributed by atoms with Crippen molar-refractivity contribution in [1.82, 2.24) is 4.57 Å². The maximum atomic E-state index is 12.3. The first-order chi connectivity index (χ1) is 9.43. The quantitative estimate of drug-likeness (QED) is 0.871. The summed E-state index contributed by atoms with van der Waals surface area (Å²) in [6, 6.07) is 6.33. The topological polar surface area (TPSA) is 68.5 Å². The minimum absolute atomic E-state index is 0.0703. The molecule has 20 heavy (non-hydrogen) atoms. The smallest absolute Gasteiger partial charge is 0.352 e. The average molecular weight is 338 g/mol. The maximum Gasteiger partial charge on any atom is 0.352 e. The van der Waals surface area contributed by atoms with E-state index >= 15 is 0 Å². The summed E-state index contributed by atoms with van der Waals surface area (Å²) >= 11 is 3.31. The van der Waals surface area contributed by atoms with Crippen LogP contribution in [0.3, 0.4) is 0 Å². The van der Waals surface area contributed by atoms with Crippen molar-refractivity contribution >= 4 is 27.7 Å². The van der Waals surface area contributed by atoms with Crippen molar-refractivity contribution in [2.45, 2.75) is 0 Å². The highest BCUT2D eigenvalue weighted by Crippen LogP contribution is 2.26. The van der Waals surface area contributed by atoms with Crippen molar-refractivity contribution in [1.29, 1.82) is 0 Å². The Morgan fingerprint density at radius 3 is 2.45 bits per heavy atom. The Balaban J connectivity index is 2.38. The van der Waals surface area contributed by atoms with Gasteiger partial charge in [-0.05, 0) is 40.2 Å². The third kappa shape index (κ3) is 2.60. The van der Waals surface area contributed by atoms with E-state index in [1.54, 1.807) is 25.2 Å². The molecule has 1 aromatic heterocycles. The highest BCUT2D eigenvalue weighted by molar-refractivity contribution is 9.10. The summed E-state index contributed by atoms with van der Waals surface area (Å²) in [6.07, 6.45) is 1.50. The summed E-state index contributed by atoms with van der Waals surface area (Å²) in [4.78, 5) is 23.3. The molecule has 104 valence electrons. The molecule has 6 heteroatoms. The molecule has 0 aliphatic heterocycles. The summed E-state index contributed by atoms with van der Waals surface area (Å²) in [5.41, 5.74) is 0.864. The fourth-order valence-electron chi connectivity index (χ4n) is 1.88. The van der Waals surface area contributed by atoms with Gasteiger partial charge in [0.05, 0.1) is 11.6 Å². The lowest BCUT2D eigenvalue weighted by Gasteiger charge is -2.04. The summed E-state index contributed by atoms with van der Waals surface area (Å²) < 4.78 is 7.18. The molecule has 0 saturated carbocycles. The third-order valence-electron chi connectivity index (χ3n) is 2.90. The van der Waals surface area contributed by atoms with Crippen molar-refractivity contribution < 1.29 is 19.4 Å². The number of nitrogens with zero attached hydrogens (tertiary/aromatic N) is 1. The predicted molar refractivity (Wildman–Crippen MR) is 76.5 cm³/mol. The second-order valence-corrected chi connectivity index (χ2v) is 5.06. The molecule has 0 fully saturated rings. The van der Waals surface area contributed by atoms with Crippen LogP contribution in [0.15, 0.2) is 34.9 Å². The van der Waals surface area contributed by atoms with Crippen molar-refractivity contribution in [2.75, 3.05) is 7.11 Å². The van der Waals surface area contributed by atoms with E-state index in [1.807, 2.05) is 0 Å². The van der Waals surface area contributed by atoms with Crippen LogP contribution in [0.4, 0.5) is 0 Å². The second kappa shape index (κ2) is 5.50. The van der Waals surface area contributed by atoms with E-state index < -0.39 is 5.97 Å². The highest BCUT2D eigenvalue weighted by Gasteiger charge is 2.17. The zero-order valence-electron chi connectivity index (χ0n) is 10.9. The van der Waals surface area contributed by atoms with E-state index in [9.17, 15) is 9.59 Å². The van der Waals surface area contributed by atoms with Gasteiger partial charge in [-0.3, -0.25) is 4.79 Å². The first kappa shape index (κ1) is 14.3. The molecule has 0 aliphatic rings. The highest BCUT2D eigenvalue weighted by atomic mass is 79.9. The second-order valence-electron chi connectivity index (χ2n) is 4.21. The standard InChI is InChI=1S/C14H12BrNO4/c1-16-7-9(6-11(16)14(18)19)13(17)8-3-4-12(20-2)10(15)5-8/h3-7H,1-2H3,(H,18,19). The van der Waals surface area contributed by atoms with Gasteiger partial charge in [0.1, 0.15) is 11.4 Å². The van der Waals surface area contributed by atoms with Crippen LogP contribution in [0.5, 0.6) is 5.75 Å². The Kier molecular flexibility index (Phi) is 3.94. The summed E-state index contributed by atoms with van der Waals surface area (Å²) in [7, 11) is 3.13. The lowest BCUT2D eigenvalue weighted by atomic mass is 10.1. The van der Waals surface area contributed by atoms with E-state index in [-0.39, 0.29) is 11.5 Å². The van der Waals surface area contributed by atoms with Gasteiger partial charge in [-0.15, -0.1) is 0 Å². The number of ketones is 1. The molecule has 2 aromatic rings. The predicted octanol–water partition coefficient (Wildman–Crippen LogP) is 2.73. The molecule has 0 aliphatic carbocycles. The number of halogens is 1. The zero-order chi connectivity index (χ0) is 14.9. The zero-order valence-corrected chi connectivity index (χ0v) is 12.5. The number of carbonyl (C=O) groups is 2. The molecule has 0 amide bonds. The van der Waals surface area contributed by atoms with E-state index in [4.69, 9.17) is 9.84 Å². The number of rotatable bonds is 4. The fourth-order valence-corrected chi connectivity index (χ4v) is 2.42. The summed E-state index contributed by atoms with van der Waals surface area (Å²) in [6.45, 7) is 0. The number of ether oxygens (including phenoxy) is 1. The van der Waals surface area contributed by atoms with Crippen LogP contribution in [-0.2, 0) is 7.05 Å². The van der Waals surface area contributed by atoms with E-state index in [0.29, 0.717) is 21.3 Å². The van der Waals surface area contributed by atoms with Gasteiger partial charge in [-0.25, -0.2) is 4.79 Å². The number of benzene rings is 1. The van der Waals surface area contributed by atoms with Gasteiger partial charge in [0.15, 0.2) is 5.78 Å². The van der Waals surface area contributed by atoms with Crippen LogP contribution < -0.4 is 4.74 Å². The van der Waals surface area contributed by atoms with E-state index in [1.165, 1.54) is 23.9 Å². The number of hydrogen-bond donors (Lipinski definition) is 1. The van der Waals surface area contributed by atoms with Gasteiger partial charge >= 0.3 is 5.97 Å². The average Bonchev–Trinajstić information content (AvgIpc) is 2.80. The van der Waals surface area contributed by atoms with Crippen LogP contribution in [0, 0.1) is 0 Å². The Bertz CT molecular complexity index is 690. The minimum atomic E-state index is -1.07. The molecular formula is C14H12BrNO4. The Labute approximate surface area is 123 Å². The first-order valence-electron chi connectivity index (χ1n) is 5.72. The van der Waals surface area contributed by atoms with Gasteiger partial charge in [-0.2, -0.15) is 0 Å². The largest absolute Gasteiger partial charge is 0.496 e. The lowest BCUT2D eigenvalue weighted by Crippen LogP contribution is -2.02. The Hall–Kier alpha value is -2.08. The van der Waals surface area contributed by atoms with Crippen molar-refractivity contribution in [3.05, 3.63) is 51.8 Å². The van der Waals surface area contributed by atoms with Gasteiger partial charge in [-0.1, -0.05) is 0 Å². The van der Waals surface area contributed by atoms with Crippen molar-refractivity contribution in [3.8, 4) is 5.75 Å². The number of methoxy groups -OCH3 is 1. The third-order valence-corrected chi connectivity index (χ3v) is 3.52. The van der Waals surface area contributed by atoms with Crippen LogP contribution in [0.25, 0.3) is 0 Å². The molecular weight excluding hydrogens is 326 g/mol. The van der Waals surface area contributed by atoms with Crippen LogP contribution in [-0.4, -0.2) is 28.5 Å². The molecule has 0 atom stereocenters. The van der Waals surface area contributed by atoms with E-state index in [0.717, 1.165) is 0 Å². The molecule has 1 heterocycles. The SMILES string of the molecule is COc1ccc(C(=O)c2cc(C(=O)O)n(C)c2)cc1Br. The van der Waals surface area contributed by atoms with Gasteiger partial charge in [0.2, 0.25) is 0 Å². The van der Waals surface area contributed by atoms with Crippen molar-refractivity contribution in [2.24, 2.45) is 7.05 Å². The molecule has 0 saturated heterocycles. The fraction of sp³-hybridized carbons (Fsp3) is 0.143. The summed E-state index contributed by atoms with van der Waals surface area (Å²) in [5.74, 6) is -0.681. The van der Waals surface area contributed by atoms with Crippen molar-refractivity contribution in [3.63, 3.8) is 0 Å². The lowest BCUT2D eigenvalue weighted by molar-refractivity contribution is 0.0686. The minimum Gasteiger partial charge on any atom is -0.496 e. The number of aromatic nitrogens is 1. The normalized spacial score (nSPS) is 10.3. The summed E-state index contributed by atoms with van der Waals surface area (Å²) in [5, 5.41) is 8.99. The number of carbonyl (C=O) groups excluding carboxylic acids is 1. The van der Waals surface area contributed by atoms with Crippen LogP contribution >= 0.6 is 15.9 Å². The molecule has 0 unspecified atom stereocenters. The monoisotopic (exact) mass is 337 g/mol. The Morgan fingerprint density at radius 2 is 1.95 bits per heavy atom. The maximum absolute atomic E-state index is 12.3. The number of carboxylic acid groups (broad SMARTS) is 1. The van der Waals surface area contributed by atoms with E-state index in [2.05, 4.69) is 15.9 Å². The number of aromatic carboxylic acids is 1. The first-order valence-corrected chi connectivity index (χ1v) is 6.51. The van der Waals surface area contributed by atoms with Crippen LogP contribution in [0.1, 0.15) is 26.4 Å². The van der Waals surface area contributed by atoms with Gasteiger partial charge in [0, 0.05) is 24.4 Å². The van der Waals surface area contributed by atoms with Gasteiger partial charge < -0.3 is 14.4 Å². The molecule has 5 nitrogen and oxygen atoms in total.